The molecule has 1 heterocycles. The van der Waals surface area contributed by atoms with Crippen LogP contribution in [0.25, 0.3) is 10.1 Å². The van der Waals surface area contributed by atoms with Gasteiger partial charge in [0.25, 0.3) is 5.91 Å². The Kier molecular flexibility index (Phi) is 4.25. The van der Waals surface area contributed by atoms with E-state index in [9.17, 15) is 4.79 Å². The third-order valence-corrected chi connectivity index (χ3v) is 5.15. The maximum absolute atomic E-state index is 12.4. The van der Waals surface area contributed by atoms with Crippen LogP contribution in [-0.4, -0.2) is 13.0 Å². The molecule has 1 amide bonds. The smallest absolute Gasteiger partial charge is 0.267 e. The number of fused-ring (bicyclic) bond motifs is 1. The molecule has 22 heavy (non-hydrogen) atoms. The molecule has 0 unspecified atom stereocenters. The van der Waals surface area contributed by atoms with Gasteiger partial charge < -0.3 is 10.1 Å². The van der Waals surface area contributed by atoms with E-state index >= 15 is 0 Å². The van der Waals surface area contributed by atoms with E-state index in [2.05, 4.69) is 5.32 Å². The molecule has 0 fully saturated rings. The van der Waals surface area contributed by atoms with Gasteiger partial charge in [0.05, 0.1) is 22.8 Å². The fourth-order valence-electron chi connectivity index (χ4n) is 2.06. The Morgan fingerprint density at radius 1 is 1.18 bits per heavy atom. The molecule has 1 aromatic heterocycles. The van der Waals surface area contributed by atoms with Crippen molar-refractivity contribution < 1.29 is 9.53 Å². The number of para-hydroxylation sites is 1. The van der Waals surface area contributed by atoms with Gasteiger partial charge in [-0.1, -0.05) is 35.3 Å². The number of carbonyl (C=O) groups excluding carboxylic acids is 1. The van der Waals surface area contributed by atoms with Crippen LogP contribution in [0.1, 0.15) is 9.67 Å². The fourth-order valence-corrected chi connectivity index (χ4v) is 3.68. The number of halogens is 2. The lowest BCUT2D eigenvalue weighted by molar-refractivity contribution is 0.103. The summed E-state index contributed by atoms with van der Waals surface area (Å²) in [5.41, 5.74) is 0.556. The summed E-state index contributed by atoms with van der Waals surface area (Å²) < 4.78 is 6.09. The molecule has 1 N–H and O–H groups in total. The van der Waals surface area contributed by atoms with Gasteiger partial charge in [0.2, 0.25) is 0 Å². The predicted octanol–water partition coefficient (Wildman–Crippen LogP) is 5.47. The zero-order valence-electron chi connectivity index (χ0n) is 11.5. The second kappa shape index (κ2) is 6.16. The van der Waals surface area contributed by atoms with Gasteiger partial charge in [0.15, 0.2) is 0 Å². The second-order valence-corrected chi connectivity index (χ2v) is 6.38. The van der Waals surface area contributed by atoms with Gasteiger partial charge in [0.1, 0.15) is 10.6 Å². The molecule has 0 aliphatic rings. The molecule has 6 heteroatoms. The molecular weight excluding hydrogens is 341 g/mol. The molecule has 0 saturated carbocycles. The van der Waals surface area contributed by atoms with E-state index in [1.165, 1.54) is 11.3 Å². The molecule has 0 aliphatic carbocycles. The lowest BCUT2D eigenvalue weighted by Gasteiger charge is -2.05. The number of rotatable bonds is 3. The van der Waals surface area contributed by atoms with Gasteiger partial charge in [-0.05, 0) is 30.3 Å². The van der Waals surface area contributed by atoms with Gasteiger partial charge in [0, 0.05) is 10.1 Å². The van der Waals surface area contributed by atoms with Crippen LogP contribution in [-0.2, 0) is 0 Å². The van der Waals surface area contributed by atoms with E-state index in [-0.39, 0.29) is 5.91 Å². The number of thiophene rings is 1. The lowest BCUT2D eigenvalue weighted by atomic mass is 10.2. The molecule has 0 atom stereocenters. The number of anilines is 1. The zero-order chi connectivity index (χ0) is 15.7. The normalized spacial score (nSPS) is 10.7. The maximum atomic E-state index is 12.4. The summed E-state index contributed by atoms with van der Waals surface area (Å²) in [6.07, 6.45) is 0. The van der Waals surface area contributed by atoms with Gasteiger partial charge in [-0.15, -0.1) is 11.3 Å². The van der Waals surface area contributed by atoms with Crippen LogP contribution in [0.4, 0.5) is 5.69 Å². The van der Waals surface area contributed by atoms with Crippen molar-refractivity contribution in [1.82, 2.24) is 0 Å². The summed E-state index contributed by atoms with van der Waals surface area (Å²) in [4.78, 5) is 12.9. The van der Waals surface area contributed by atoms with Crippen molar-refractivity contribution in [3.63, 3.8) is 0 Å². The van der Waals surface area contributed by atoms with Crippen molar-refractivity contribution >= 4 is 56.2 Å². The lowest BCUT2D eigenvalue weighted by Crippen LogP contribution is -2.10. The van der Waals surface area contributed by atoms with Crippen molar-refractivity contribution in [3.05, 3.63) is 57.4 Å². The molecule has 3 aromatic rings. The Morgan fingerprint density at radius 3 is 2.68 bits per heavy atom. The molecule has 3 rings (SSSR count). The number of nitrogens with one attached hydrogen (secondary N) is 1. The number of methoxy groups -OCH3 is 1. The largest absolute Gasteiger partial charge is 0.497 e. The SMILES string of the molecule is COc1ccc2c(Cl)c(C(=O)Nc3ccccc3Cl)sc2c1. The predicted molar refractivity (Wildman–Crippen MR) is 92.8 cm³/mol. The molecule has 2 aromatic carbocycles. The minimum absolute atomic E-state index is 0.279. The third kappa shape index (κ3) is 2.77. The number of hydrogen-bond donors (Lipinski definition) is 1. The molecule has 3 nitrogen and oxygen atoms in total. The highest BCUT2D eigenvalue weighted by molar-refractivity contribution is 7.21. The molecular formula is C16H11Cl2NO2S. The maximum Gasteiger partial charge on any atom is 0.267 e. The van der Waals surface area contributed by atoms with Crippen molar-refractivity contribution in [3.8, 4) is 5.75 Å². The van der Waals surface area contributed by atoms with Crippen LogP contribution >= 0.6 is 34.5 Å². The first-order valence-corrected chi connectivity index (χ1v) is 7.99. The Bertz CT molecular complexity index is 860. The van der Waals surface area contributed by atoms with E-state index in [0.717, 1.165) is 15.8 Å². The van der Waals surface area contributed by atoms with E-state index in [4.69, 9.17) is 27.9 Å². The monoisotopic (exact) mass is 351 g/mol. The van der Waals surface area contributed by atoms with Gasteiger partial charge in [-0.2, -0.15) is 0 Å². The van der Waals surface area contributed by atoms with Gasteiger partial charge in [-0.3, -0.25) is 4.79 Å². The van der Waals surface area contributed by atoms with E-state index in [1.54, 1.807) is 31.4 Å². The van der Waals surface area contributed by atoms with Crippen LogP contribution < -0.4 is 10.1 Å². The highest BCUT2D eigenvalue weighted by Gasteiger charge is 2.18. The number of carbonyl (C=O) groups is 1. The highest BCUT2D eigenvalue weighted by Crippen LogP contribution is 2.37. The summed E-state index contributed by atoms with van der Waals surface area (Å²) in [5.74, 6) is 0.446. The van der Waals surface area contributed by atoms with Gasteiger partial charge >= 0.3 is 0 Å². The Morgan fingerprint density at radius 2 is 1.95 bits per heavy atom. The molecule has 0 saturated heterocycles. The highest BCUT2D eigenvalue weighted by atomic mass is 35.5. The number of hydrogen-bond acceptors (Lipinski definition) is 3. The fraction of sp³-hybridized carbons (Fsp3) is 0.0625. The summed E-state index contributed by atoms with van der Waals surface area (Å²) in [6, 6.07) is 12.6. The van der Waals surface area contributed by atoms with E-state index in [1.807, 2.05) is 18.2 Å². The van der Waals surface area contributed by atoms with Crippen LogP contribution in [0.2, 0.25) is 10.0 Å². The van der Waals surface area contributed by atoms with Crippen LogP contribution in [0.5, 0.6) is 5.75 Å². The minimum Gasteiger partial charge on any atom is -0.497 e. The first-order chi connectivity index (χ1) is 10.6. The average Bonchev–Trinajstić information content (AvgIpc) is 2.86. The summed E-state index contributed by atoms with van der Waals surface area (Å²) in [7, 11) is 1.60. The van der Waals surface area contributed by atoms with Crippen LogP contribution in [0, 0.1) is 0 Å². The Hall–Kier alpha value is -1.75. The zero-order valence-corrected chi connectivity index (χ0v) is 13.9. The molecule has 0 spiro atoms. The number of ether oxygens (including phenoxy) is 1. The molecule has 0 radical (unpaired) electrons. The molecule has 0 aliphatic heterocycles. The standard InChI is InChI=1S/C16H11Cl2NO2S/c1-21-9-6-7-10-13(8-9)22-15(14(10)18)16(20)19-12-5-3-2-4-11(12)17/h2-8H,1H3,(H,19,20). The molecule has 0 bridgehead atoms. The Labute approximate surface area is 141 Å². The van der Waals surface area contributed by atoms with Crippen LogP contribution in [0.3, 0.4) is 0 Å². The minimum atomic E-state index is -0.279. The van der Waals surface area contributed by atoms with Crippen LogP contribution in [0.15, 0.2) is 42.5 Å². The second-order valence-electron chi connectivity index (χ2n) is 4.54. The first kappa shape index (κ1) is 15.2. The summed E-state index contributed by atoms with van der Waals surface area (Å²) in [5, 5.41) is 4.53. The number of benzene rings is 2. The van der Waals surface area contributed by atoms with E-state index in [0.29, 0.717) is 20.6 Å². The summed E-state index contributed by atoms with van der Waals surface area (Å²) >= 11 is 13.7. The first-order valence-electron chi connectivity index (χ1n) is 6.42. The van der Waals surface area contributed by atoms with Crippen molar-refractivity contribution in [2.24, 2.45) is 0 Å². The van der Waals surface area contributed by atoms with Crippen molar-refractivity contribution in [1.29, 1.82) is 0 Å². The summed E-state index contributed by atoms with van der Waals surface area (Å²) in [6.45, 7) is 0. The third-order valence-electron chi connectivity index (χ3n) is 3.16. The number of amides is 1. The topological polar surface area (TPSA) is 38.3 Å². The van der Waals surface area contributed by atoms with E-state index < -0.39 is 0 Å². The molecule has 112 valence electrons. The van der Waals surface area contributed by atoms with Gasteiger partial charge in [-0.25, -0.2) is 0 Å². The Balaban J connectivity index is 1.97. The quantitative estimate of drug-likeness (QED) is 0.679. The average molecular weight is 352 g/mol. The van der Waals surface area contributed by atoms with Crippen molar-refractivity contribution in [2.45, 2.75) is 0 Å². The van der Waals surface area contributed by atoms with Crippen molar-refractivity contribution in [2.75, 3.05) is 12.4 Å².